The fraction of sp³-hybridized carbons (Fsp3) is 0.667. The summed E-state index contributed by atoms with van der Waals surface area (Å²) < 4.78 is 11.2. The van der Waals surface area contributed by atoms with Gasteiger partial charge in [0.1, 0.15) is 5.76 Å². The molecule has 1 aromatic rings. The van der Waals surface area contributed by atoms with Crippen LogP contribution in [0.25, 0.3) is 0 Å². The molecule has 0 unspecified atom stereocenters. The highest BCUT2D eigenvalue weighted by atomic mass is 32.2. The van der Waals surface area contributed by atoms with Crippen LogP contribution >= 0.6 is 11.8 Å². The Kier molecular flexibility index (Phi) is 4.45. The van der Waals surface area contributed by atoms with Crippen molar-refractivity contribution in [1.29, 1.82) is 0 Å². The molecule has 0 radical (unpaired) electrons. The number of hydrogen-bond donors (Lipinski definition) is 2. The number of amides is 2. The van der Waals surface area contributed by atoms with Crippen molar-refractivity contribution >= 4 is 17.8 Å². The summed E-state index contributed by atoms with van der Waals surface area (Å²) in [5.74, 6) is 3.07. The second-order valence-electron chi connectivity index (χ2n) is 5.85. The molecule has 2 N–H and O–H groups in total. The third-order valence-electron chi connectivity index (χ3n) is 4.30. The van der Waals surface area contributed by atoms with Crippen LogP contribution in [0.5, 0.6) is 0 Å². The maximum atomic E-state index is 12.0. The molecule has 0 aromatic carbocycles. The van der Waals surface area contributed by atoms with Gasteiger partial charge in [0.2, 0.25) is 0 Å². The summed E-state index contributed by atoms with van der Waals surface area (Å²) in [6, 6.07) is 1.99. The fourth-order valence-corrected chi connectivity index (χ4v) is 4.40. The molecular weight excluding hydrogens is 288 g/mol. The minimum Gasteiger partial charge on any atom is -0.469 e. The maximum Gasteiger partial charge on any atom is 0.315 e. The predicted molar refractivity (Wildman–Crippen MR) is 82.5 cm³/mol. The van der Waals surface area contributed by atoms with E-state index in [9.17, 15) is 4.79 Å². The van der Waals surface area contributed by atoms with E-state index < -0.39 is 0 Å². The van der Waals surface area contributed by atoms with Gasteiger partial charge in [-0.25, -0.2) is 4.79 Å². The molecule has 0 saturated carbocycles. The number of carbonyl (C=O) groups excluding carboxylic acids is 1. The lowest BCUT2D eigenvalue weighted by Crippen LogP contribution is -2.50. The van der Waals surface area contributed by atoms with Crippen molar-refractivity contribution in [3.8, 4) is 0 Å². The van der Waals surface area contributed by atoms with E-state index in [-0.39, 0.29) is 17.7 Å². The highest BCUT2D eigenvalue weighted by Gasteiger charge is 2.40. The number of ether oxygens (including phenoxy) is 1. The number of thioether (sulfide) groups is 1. The molecule has 21 heavy (non-hydrogen) atoms. The summed E-state index contributed by atoms with van der Waals surface area (Å²) in [7, 11) is 0. The number of furan rings is 1. The minimum atomic E-state index is -0.108. The van der Waals surface area contributed by atoms with Crippen LogP contribution in [0.15, 0.2) is 16.7 Å². The quantitative estimate of drug-likeness (QED) is 0.900. The SMILES string of the molecule is Cc1occc1CNC(=O)N[C@@H]1CCO[C@]2(CCSC2)C1. The van der Waals surface area contributed by atoms with E-state index in [1.807, 2.05) is 24.8 Å². The van der Waals surface area contributed by atoms with Crippen molar-refractivity contribution in [2.45, 2.75) is 44.4 Å². The maximum absolute atomic E-state index is 12.0. The molecule has 3 heterocycles. The van der Waals surface area contributed by atoms with Gasteiger partial charge in [0.15, 0.2) is 0 Å². The Balaban J connectivity index is 1.47. The summed E-state index contributed by atoms with van der Waals surface area (Å²) in [6.07, 6.45) is 4.57. The lowest BCUT2D eigenvalue weighted by molar-refractivity contribution is -0.0684. The normalized spacial score (nSPS) is 28.7. The summed E-state index contributed by atoms with van der Waals surface area (Å²) in [5, 5.41) is 5.98. The summed E-state index contributed by atoms with van der Waals surface area (Å²) in [5.41, 5.74) is 1.02. The fourth-order valence-electron chi connectivity index (χ4n) is 3.02. The van der Waals surface area contributed by atoms with Gasteiger partial charge < -0.3 is 19.8 Å². The van der Waals surface area contributed by atoms with Crippen molar-refractivity contribution in [3.05, 3.63) is 23.7 Å². The number of nitrogens with one attached hydrogen (secondary N) is 2. The first-order valence-electron chi connectivity index (χ1n) is 7.46. The highest BCUT2D eigenvalue weighted by molar-refractivity contribution is 7.99. The summed E-state index contributed by atoms with van der Waals surface area (Å²) in [4.78, 5) is 12.0. The Labute approximate surface area is 129 Å². The van der Waals surface area contributed by atoms with Crippen molar-refractivity contribution in [3.63, 3.8) is 0 Å². The molecule has 0 bridgehead atoms. The Bertz CT molecular complexity index is 497. The van der Waals surface area contributed by atoms with E-state index in [1.165, 1.54) is 5.75 Å². The van der Waals surface area contributed by atoms with Gasteiger partial charge in [-0.2, -0.15) is 11.8 Å². The van der Waals surface area contributed by atoms with Crippen molar-refractivity contribution in [2.24, 2.45) is 0 Å². The third-order valence-corrected chi connectivity index (χ3v) is 5.52. The minimum absolute atomic E-state index is 0.00199. The van der Waals surface area contributed by atoms with Crippen molar-refractivity contribution in [1.82, 2.24) is 10.6 Å². The van der Waals surface area contributed by atoms with Gasteiger partial charge in [0, 0.05) is 30.5 Å². The van der Waals surface area contributed by atoms with E-state index in [4.69, 9.17) is 9.15 Å². The number of hydrogen-bond acceptors (Lipinski definition) is 4. The van der Waals surface area contributed by atoms with Crippen LogP contribution in [0, 0.1) is 6.92 Å². The molecule has 6 heteroatoms. The van der Waals surface area contributed by atoms with Crippen LogP contribution in [0.4, 0.5) is 4.79 Å². The summed E-state index contributed by atoms with van der Waals surface area (Å²) >= 11 is 1.95. The van der Waals surface area contributed by atoms with E-state index in [0.717, 1.165) is 42.9 Å². The van der Waals surface area contributed by atoms with Crippen LogP contribution in [-0.2, 0) is 11.3 Å². The highest BCUT2D eigenvalue weighted by Crippen LogP contribution is 2.38. The Morgan fingerprint density at radius 2 is 2.48 bits per heavy atom. The smallest absolute Gasteiger partial charge is 0.315 e. The first-order chi connectivity index (χ1) is 10.2. The van der Waals surface area contributed by atoms with Crippen LogP contribution in [-0.4, -0.2) is 35.8 Å². The topological polar surface area (TPSA) is 63.5 Å². The van der Waals surface area contributed by atoms with E-state index >= 15 is 0 Å². The number of urea groups is 1. The van der Waals surface area contributed by atoms with Gasteiger partial charge in [0.25, 0.3) is 0 Å². The van der Waals surface area contributed by atoms with E-state index in [2.05, 4.69) is 10.6 Å². The third kappa shape index (κ3) is 3.55. The standard InChI is InChI=1S/C15H22N2O3S/c1-11-12(2-5-19-11)9-16-14(18)17-13-3-6-20-15(8-13)4-7-21-10-15/h2,5,13H,3-4,6-10H2,1H3,(H2,16,17,18)/t13-,15-/m1/s1. The second kappa shape index (κ2) is 6.32. The second-order valence-corrected chi connectivity index (χ2v) is 6.96. The van der Waals surface area contributed by atoms with E-state index in [0.29, 0.717) is 6.54 Å². The lowest BCUT2D eigenvalue weighted by Gasteiger charge is -2.37. The summed E-state index contributed by atoms with van der Waals surface area (Å²) in [6.45, 7) is 3.14. The van der Waals surface area contributed by atoms with Crippen molar-refractivity contribution in [2.75, 3.05) is 18.1 Å². The Morgan fingerprint density at radius 1 is 1.57 bits per heavy atom. The predicted octanol–water partition coefficient (Wildman–Crippen LogP) is 2.44. The lowest BCUT2D eigenvalue weighted by atomic mass is 9.90. The molecule has 5 nitrogen and oxygen atoms in total. The molecule has 2 atom stereocenters. The zero-order valence-electron chi connectivity index (χ0n) is 12.3. The van der Waals surface area contributed by atoms with Crippen LogP contribution in [0.3, 0.4) is 0 Å². The van der Waals surface area contributed by atoms with Crippen LogP contribution in [0.2, 0.25) is 0 Å². The van der Waals surface area contributed by atoms with Crippen molar-refractivity contribution < 1.29 is 13.9 Å². The van der Waals surface area contributed by atoms with E-state index in [1.54, 1.807) is 6.26 Å². The molecule has 2 fully saturated rings. The molecule has 2 aliphatic rings. The number of aryl methyl sites for hydroxylation is 1. The molecule has 3 rings (SSSR count). The molecule has 1 aromatic heterocycles. The number of rotatable bonds is 3. The van der Waals surface area contributed by atoms with Gasteiger partial charge in [-0.1, -0.05) is 0 Å². The first kappa shape index (κ1) is 14.8. The molecule has 116 valence electrons. The van der Waals surface area contributed by atoms with Gasteiger partial charge in [-0.3, -0.25) is 0 Å². The number of carbonyl (C=O) groups is 1. The van der Waals surface area contributed by atoms with Gasteiger partial charge >= 0.3 is 6.03 Å². The molecular formula is C15H22N2O3S. The molecule has 2 amide bonds. The molecule has 0 aliphatic carbocycles. The Morgan fingerprint density at radius 3 is 3.19 bits per heavy atom. The molecule has 1 spiro atoms. The first-order valence-corrected chi connectivity index (χ1v) is 8.61. The molecule has 2 saturated heterocycles. The monoisotopic (exact) mass is 310 g/mol. The zero-order valence-corrected chi connectivity index (χ0v) is 13.1. The van der Waals surface area contributed by atoms with Gasteiger partial charge in [-0.15, -0.1) is 0 Å². The van der Waals surface area contributed by atoms with Gasteiger partial charge in [0.05, 0.1) is 11.9 Å². The average molecular weight is 310 g/mol. The molecule has 2 aliphatic heterocycles. The van der Waals surface area contributed by atoms with Gasteiger partial charge in [-0.05, 0) is 38.0 Å². The Hall–Kier alpha value is -1.14. The zero-order chi connectivity index (χ0) is 14.7. The largest absolute Gasteiger partial charge is 0.469 e. The average Bonchev–Trinajstić information content (AvgIpc) is 3.06. The van der Waals surface area contributed by atoms with Crippen LogP contribution < -0.4 is 10.6 Å². The van der Waals surface area contributed by atoms with Crippen LogP contribution in [0.1, 0.15) is 30.6 Å².